The molecule has 0 unspecified atom stereocenters. The van der Waals surface area contributed by atoms with Gasteiger partial charge in [-0.3, -0.25) is 9.59 Å². The van der Waals surface area contributed by atoms with Gasteiger partial charge in [0.2, 0.25) is 0 Å². The highest BCUT2D eigenvalue weighted by atomic mass is 35.5. The first kappa shape index (κ1) is 25.1. The lowest BCUT2D eigenvalue weighted by Crippen LogP contribution is -2.24. The Morgan fingerprint density at radius 2 is 1.68 bits per heavy atom. The number of ether oxygens (including phenoxy) is 2. The Labute approximate surface area is 205 Å². The third kappa shape index (κ3) is 5.87. The van der Waals surface area contributed by atoms with E-state index in [0.29, 0.717) is 29.2 Å². The fraction of sp³-hybridized carbons (Fsp3) is 0.231. The van der Waals surface area contributed by atoms with E-state index in [1.54, 1.807) is 37.4 Å². The van der Waals surface area contributed by atoms with Gasteiger partial charge in [0.15, 0.2) is 11.5 Å². The van der Waals surface area contributed by atoms with Gasteiger partial charge in [-0.2, -0.15) is 0 Å². The second-order valence-corrected chi connectivity index (χ2v) is 7.82. The van der Waals surface area contributed by atoms with Gasteiger partial charge in [0.05, 0.1) is 14.2 Å². The van der Waals surface area contributed by atoms with E-state index >= 15 is 0 Å². The molecule has 178 valence electrons. The molecule has 0 fully saturated rings. The molecule has 0 spiro atoms. The molecule has 0 saturated carbocycles. The van der Waals surface area contributed by atoms with Crippen LogP contribution in [0.5, 0.6) is 11.5 Å². The maximum Gasteiger partial charge on any atom is 0.255 e. The maximum atomic E-state index is 12.8. The van der Waals surface area contributed by atoms with Crippen LogP contribution < -0.4 is 25.4 Å². The predicted molar refractivity (Wildman–Crippen MR) is 134 cm³/mol. The average Bonchev–Trinajstić information content (AvgIpc) is 2.86. The number of fused-ring (bicyclic) bond motifs is 1. The molecule has 1 aliphatic heterocycles. The smallest absolute Gasteiger partial charge is 0.255 e. The van der Waals surface area contributed by atoms with Gasteiger partial charge in [-0.1, -0.05) is 18.2 Å². The van der Waals surface area contributed by atoms with Gasteiger partial charge in [0, 0.05) is 29.9 Å². The predicted octanol–water partition coefficient (Wildman–Crippen LogP) is 3.95. The molecule has 1 aliphatic rings. The van der Waals surface area contributed by atoms with Crippen molar-refractivity contribution in [1.82, 2.24) is 10.6 Å². The van der Waals surface area contributed by atoms with Crippen LogP contribution in [0.15, 0.2) is 60.7 Å². The molecule has 34 heavy (non-hydrogen) atoms. The second kappa shape index (κ2) is 11.5. The van der Waals surface area contributed by atoms with Crippen LogP contribution in [0.25, 0.3) is 0 Å². The minimum Gasteiger partial charge on any atom is -0.493 e. The number of rotatable bonds is 7. The lowest BCUT2D eigenvalue weighted by molar-refractivity contribution is 0.0950. The second-order valence-electron chi connectivity index (χ2n) is 7.82. The van der Waals surface area contributed by atoms with Crippen LogP contribution in [0, 0.1) is 0 Å². The van der Waals surface area contributed by atoms with Gasteiger partial charge >= 0.3 is 0 Å². The number of anilines is 1. The van der Waals surface area contributed by atoms with Gasteiger partial charge in [0.1, 0.15) is 0 Å². The van der Waals surface area contributed by atoms with E-state index in [9.17, 15) is 9.59 Å². The largest absolute Gasteiger partial charge is 0.493 e. The summed E-state index contributed by atoms with van der Waals surface area (Å²) in [5.41, 5.74) is 5.12. The van der Waals surface area contributed by atoms with Crippen molar-refractivity contribution in [3.05, 3.63) is 88.5 Å². The molecule has 0 atom stereocenters. The molecule has 1 heterocycles. The number of hydrogen-bond donors (Lipinski definition) is 3. The lowest BCUT2D eigenvalue weighted by Gasteiger charge is -2.18. The van der Waals surface area contributed by atoms with E-state index in [0.717, 1.165) is 30.8 Å². The zero-order valence-corrected chi connectivity index (χ0v) is 20.0. The molecule has 0 saturated heterocycles. The molecular weight excluding hydrogens is 454 g/mol. The van der Waals surface area contributed by atoms with E-state index < -0.39 is 0 Å². The van der Waals surface area contributed by atoms with Crippen molar-refractivity contribution in [1.29, 1.82) is 0 Å². The Balaban J connectivity index is 0.00000324. The molecule has 0 aromatic heterocycles. The van der Waals surface area contributed by atoms with Gasteiger partial charge in [0.25, 0.3) is 11.8 Å². The van der Waals surface area contributed by atoms with Crippen molar-refractivity contribution in [3.63, 3.8) is 0 Å². The van der Waals surface area contributed by atoms with Crippen molar-refractivity contribution in [3.8, 4) is 11.5 Å². The summed E-state index contributed by atoms with van der Waals surface area (Å²) in [4.78, 5) is 25.4. The normalized spacial score (nSPS) is 12.1. The number of nitrogens with one attached hydrogen (secondary N) is 3. The van der Waals surface area contributed by atoms with Gasteiger partial charge in [-0.05, 0) is 72.1 Å². The van der Waals surface area contributed by atoms with Crippen LogP contribution in [0.4, 0.5) is 5.69 Å². The van der Waals surface area contributed by atoms with Crippen molar-refractivity contribution >= 4 is 29.9 Å². The van der Waals surface area contributed by atoms with Gasteiger partial charge in [-0.25, -0.2) is 0 Å². The van der Waals surface area contributed by atoms with E-state index in [1.165, 1.54) is 18.2 Å². The van der Waals surface area contributed by atoms with Crippen LogP contribution >= 0.6 is 12.4 Å². The minimum absolute atomic E-state index is 0. The maximum absolute atomic E-state index is 12.8. The Kier molecular flexibility index (Phi) is 8.51. The van der Waals surface area contributed by atoms with Gasteiger partial charge in [-0.15, -0.1) is 12.4 Å². The number of benzene rings is 3. The standard InChI is InChI=1S/C26H27N3O4.ClH/c1-32-23-9-7-20(14-24(23)33-2)25(30)28-15-17-4-3-5-19(12-17)26(31)29-22-8-6-18-10-11-27-16-21(18)13-22;/h3-9,12-14,27H,10-11,15-16H2,1-2H3,(H,28,30)(H,29,31);1H. The van der Waals surface area contributed by atoms with Crippen molar-refractivity contribution < 1.29 is 19.1 Å². The summed E-state index contributed by atoms with van der Waals surface area (Å²) in [6, 6.07) is 18.3. The SMILES string of the molecule is COc1ccc(C(=O)NCc2cccc(C(=O)Nc3ccc4c(c3)CNCC4)c2)cc1OC.Cl. The summed E-state index contributed by atoms with van der Waals surface area (Å²) in [6.07, 6.45) is 1.00. The number of halogens is 1. The molecule has 3 aromatic rings. The highest BCUT2D eigenvalue weighted by Crippen LogP contribution is 2.27. The molecule has 4 rings (SSSR count). The van der Waals surface area contributed by atoms with E-state index in [2.05, 4.69) is 22.0 Å². The Bertz CT molecular complexity index is 1180. The third-order valence-electron chi connectivity index (χ3n) is 5.64. The summed E-state index contributed by atoms with van der Waals surface area (Å²) in [7, 11) is 3.07. The van der Waals surface area contributed by atoms with E-state index in [1.807, 2.05) is 24.3 Å². The zero-order chi connectivity index (χ0) is 23.2. The molecule has 2 amide bonds. The minimum atomic E-state index is -0.242. The molecule has 0 radical (unpaired) electrons. The number of hydrogen-bond acceptors (Lipinski definition) is 5. The highest BCUT2D eigenvalue weighted by molar-refractivity contribution is 6.04. The number of methoxy groups -OCH3 is 2. The summed E-state index contributed by atoms with van der Waals surface area (Å²) in [5, 5.41) is 9.20. The van der Waals surface area contributed by atoms with Gasteiger partial charge < -0.3 is 25.4 Å². The summed E-state index contributed by atoms with van der Waals surface area (Å²) >= 11 is 0. The van der Waals surface area contributed by atoms with Crippen molar-refractivity contribution in [2.24, 2.45) is 0 Å². The Hall–Kier alpha value is -3.55. The van der Waals surface area contributed by atoms with Crippen molar-refractivity contribution in [2.75, 3.05) is 26.1 Å². The van der Waals surface area contributed by atoms with Crippen LogP contribution in [0.2, 0.25) is 0 Å². The highest BCUT2D eigenvalue weighted by Gasteiger charge is 2.13. The van der Waals surface area contributed by atoms with Crippen LogP contribution in [0.1, 0.15) is 37.4 Å². The summed E-state index contributed by atoms with van der Waals surface area (Å²) in [6.45, 7) is 2.08. The molecule has 8 heteroatoms. The Morgan fingerprint density at radius 3 is 2.47 bits per heavy atom. The van der Waals surface area contributed by atoms with Crippen LogP contribution in [0.3, 0.4) is 0 Å². The molecule has 0 aliphatic carbocycles. The van der Waals surface area contributed by atoms with E-state index in [-0.39, 0.29) is 24.2 Å². The lowest BCUT2D eigenvalue weighted by atomic mass is 10.0. The zero-order valence-electron chi connectivity index (χ0n) is 19.1. The third-order valence-corrected chi connectivity index (χ3v) is 5.64. The topological polar surface area (TPSA) is 88.7 Å². The quantitative estimate of drug-likeness (QED) is 0.475. The molecule has 3 N–H and O–H groups in total. The van der Waals surface area contributed by atoms with E-state index in [4.69, 9.17) is 9.47 Å². The molecular formula is C26H28ClN3O4. The monoisotopic (exact) mass is 481 g/mol. The number of carbonyl (C=O) groups excluding carboxylic acids is 2. The van der Waals surface area contributed by atoms with Crippen molar-refractivity contribution in [2.45, 2.75) is 19.5 Å². The average molecular weight is 482 g/mol. The fourth-order valence-corrected chi connectivity index (χ4v) is 3.85. The molecule has 3 aromatic carbocycles. The first-order valence-corrected chi connectivity index (χ1v) is 10.8. The van der Waals surface area contributed by atoms with Crippen LogP contribution in [-0.2, 0) is 19.5 Å². The summed E-state index contributed by atoms with van der Waals surface area (Å²) < 4.78 is 10.5. The number of carbonyl (C=O) groups is 2. The Morgan fingerprint density at radius 1 is 0.882 bits per heavy atom. The first-order valence-electron chi connectivity index (χ1n) is 10.8. The fourth-order valence-electron chi connectivity index (χ4n) is 3.85. The number of amides is 2. The summed E-state index contributed by atoms with van der Waals surface area (Å²) in [5.74, 6) is 0.616. The van der Waals surface area contributed by atoms with Crippen LogP contribution in [-0.4, -0.2) is 32.6 Å². The molecule has 7 nitrogen and oxygen atoms in total. The first-order chi connectivity index (χ1) is 16.1. The molecule has 0 bridgehead atoms.